The van der Waals surface area contributed by atoms with Crippen molar-refractivity contribution in [3.05, 3.63) is 16.5 Å². The van der Waals surface area contributed by atoms with Gasteiger partial charge in [-0.1, -0.05) is 6.92 Å². The van der Waals surface area contributed by atoms with Crippen LogP contribution in [0.3, 0.4) is 0 Å². The topological polar surface area (TPSA) is 63.4 Å². The van der Waals surface area contributed by atoms with E-state index in [-0.39, 0.29) is 5.41 Å². The minimum atomic E-state index is -3.33. The molecule has 1 atom stereocenters. The Kier molecular flexibility index (Phi) is 3.57. The largest absolute Gasteiger partial charge is 0.330 e. The molecule has 0 bridgehead atoms. The Bertz CT molecular complexity index is 531. The van der Waals surface area contributed by atoms with Crippen LogP contribution >= 0.6 is 11.3 Å². The summed E-state index contributed by atoms with van der Waals surface area (Å²) in [5.41, 5.74) is 6.69. The van der Waals surface area contributed by atoms with Crippen LogP contribution in [0.4, 0.5) is 0 Å². The number of rotatable bonds is 3. The first-order valence-corrected chi connectivity index (χ1v) is 8.31. The number of aryl methyl sites for hydroxylation is 2. The van der Waals surface area contributed by atoms with Gasteiger partial charge in [0.05, 0.1) is 0 Å². The van der Waals surface area contributed by atoms with Gasteiger partial charge in [-0.05, 0) is 43.9 Å². The molecule has 2 rings (SSSR count). The SMILES string of the molecule is Cc1cc(S(=O)(=O)N2CCC(C)(CN)C2)sc1C. The molecule has 1 fully saturated rings. The predicted octanol–water partition coefficient (Wildman–Crippen LogP) is 1.72. The fourth-order valence-corrected chi connectivity index (χ4v) is 5.41. The van der Waals surface area contributed by atoms with Crippen molar-refractivity contribution in [1.29, 1.82) is 0 Å². The molecule has 102 valence electrons. The highest BCUT2D eigenvalue weighted by atomic mass is 32.2. The monoisotopic (exact) mass is 288 g/mol. The highest BCUT2D eigenvalue weighted by Gasteiger charge is 2.39. The van der Waals surface area contributed by atoms with Gasteiger partial charge >= 0.3 is 0 Å². The average Bonchev–Trinajstić information content (AvgIpc) is 2.86. The first-order valence-electron chi connectivity index (χ1n) is 6.06. The van der Waals surface area contributed by atoms with Gasteiger partial charge in [-0.3, -0.25) is 0 Å². The lowest BCUT2D eigenvalue weighted by atomic mass is 9.90. The Hall–Kier alpha value is -0.430. The van der Waals surface area contributed by atoms with Crippen LogP contribution in [0.15, 0.2) is 10.3 Å². The van der Waals surface area contributed by atoms with Gasteiger partial charge in [0.2, 0.25) is 0 Å². The molecule has 18 heavy (non-hydrogen) atoms. The summed E-state index contributed by atoms with van der Waals surface area (Å²) in [6, 6.07) is 1.77. The van der Waals surface area contributed by atoms with Crippen molar-refractivity contribution in [2.45, 2.75) is 31.4 Å². The second-order valence-corrected chi connectivity index (χ2v) is 8.83. The molecular weight excluding hydrogens is 268 g/mol. The number of hydrogen-bond donors (Lipinski definition) is 1. The van der Waals surface area contributed by atoms with Gasteiger partial charge in [0.25, 0.3) is 10.0 Å². The predicted molar refractivity (Wildman–Crippen MR) is 74.3 cm³/mol. The van der Waals surface area contributed by atoms with E-state index < -0.39 is 10.0 Å². The number of hydrogen-bond acceptors (Lipinski definition) is 4. The third-order valence-electron chi connectivity index (χ3n) is 3.75. The van der Waals surface area contributed by atoms with Crippen molar-refractivity contribution in [3.63, 3.8) is 0 Å². The summed E-state index contributed by atoms with van der Waals surface area (Å²) in [6.45, 7) is 7.58. The molecule has 1 aliphatic rings. The molecule has 1 aromatic rings. The van der Waals surface area contributed by atoms with Crippen molar-refractivity contribution < 1.29 is 8.42 Å². The Labute approximate surface area is 113 Å². The van der Waals surface area contributed by atoms with Crippen LogP contribution in [0.25, 0.3) is 0 Å². The molecular formula is C12H20N2O2S2. The summed E-state index contributed by atoms with van der Waals surface area (Å²) in [7, 11) is -3.33. The quantitative estimate of drug-likeness (QED) is 0.921. The Morgan fingerprint density at radius 1 is 1.50 bits per heavy atom. The van der Waals surface area contributed by atoms with Gasteiger partial charge in [-0.15, -0.1) is 11.3 Å². The lowest BCUT2D eigenvalue weighted by Crippen LogP contribution is -2.34. The van der Waals surface area contributed by atoms with Crippen molar-refractivity contribution in [1.82, 2.24) is 4.31 Å². The summed E-state index contributed by atoms with van der Waals surface area (Å²) in [6.07, 6.45) is 0.839. The van der Waals surface area contributed by atoms with Crippen LogP contribution in [0.1, 0.15) is 23.8 Å². The van der Waals surface area contributed by atoms with Crippen LogP contribution in [0, 0.1) is 19.3 Å². The highest BCUT2D eigenvalue weighted by molar-refractivity contribution is 7.91. The molecule has 0 amide bonds. The minimum Gasteiger partial charge on any atom is -0.330 e. The standard InChI is InChI=1S/C12H20N2O2S2/c1-9-6-11(17-10(9)2)18(15,16)14-5-4-12(3,7-13)8-14/h6H,4-5,7-8,13H2,1-3H3. The van der Waals surface area contributed by atoms with Gasteiger partial charge in [-0.2, -0.15) is 4.31 Å². The third kappa shape index (κ3) is 2.34. The van der Waals surface area contributed by atoms with Crippen molar-refractivity contribution in [3.8, 4) is 0 Å². The van der Waals surface area contributed by atoms with E-state index in [9.17, 15) is 8.42 Å². The molecule has 0 radical (unpaired) electrons. The molecule has 0 saturated carbocycles. The van der Waals surface area contributed by atoms with Crippen molar-refractivity contribution in [2.24, 2.45) is 11.1 Å². The highest BCUT2D eigenvalue weighted by Crippen LogP contribution is 2.35. The summed E-state index contributed by atoms with van der Waals surface area (Å²) < 4.78 is 27.0. The van der Waals surface area contributed by atoms with Crippen LogP contribution < -0.4 is 5.73 Å². The average molecular weight is 288 g/mol. The second kappa shape index (κ2) is 4.59. The van der Waals surface area contributed by atoms with E-state index in [4.69, 9.17) is 5.73 Å². The first-order chi connectivity index (χ1) is 8.28. The van der Waals surface area contributed by atoms with Gasteiger partial charge in [-0.25, -0.2) is 8.42 Å². The summed E-state index contributed by atoms with van der Waals surface area (Å²) >= 11 is 1.36. The molecule has 2 heterocycles. The molecule has 0 spiro atoms. The molecule has 0 aromatic carbocycles. The maximum atomic E-state index is 12.5. The molecule has 4 nitrogen and oxygen atoms in total. The number of thiophene rings is 1. The zero-order chi connectivity index (χ0) is 13.6. The Balaban J connectivity index is 2.28. The van der Waals surface area contributed by atoms with Crippen LogP contribution in [0.2, 0.25) is 0 Å². The van der Waals surface area contributed by atoms with Gasteiger partial charge in [0.15, 0.2) is 0 Å². The fraction of sp³-hybridized carbons (Fsp3) is 0.667. The fourth-order valence-electron chi connectivity index (χ4n) is 2.14. The maximum Gasteiger partial charge on any atom is 0.252 e. The molecule has 2 N–H and O–H groups in total. The summed E-state index contributed by atoms with van der Waals surface area (Å²) in [5, 5.41) is 0. The van der Waals surface area contributed by atoms with E-state index >= 15 is 0 Å². The molecule has 6 heteroatoms. The summed E-state index contributed by atoms with van der Waals surface area (Å²) in [4.78, 5) is 1.06. The van der Waals surface area contributed by atoms with E-state index in [1.807, 2.05) is 20.8 Å². The van der Waals surface area contributed by atoms with Crippen LogP contribution in [0.5, 0.6) is 0 Å². The van der Waals surface area contributed by atoms with E-state index in [0.717, 1.165) is 16.9 Å². The van der Waals surface area contributed by atoms with E-state index in [2.05, 4.69) is 0 Å². The molecule has 1 saturated heterocycles. The first kappa shape index (κ1) is 14.0. The zero-order valence-corrected chi connectivity index (χ0v) is 12.7. The number of sulfonamides is 1. The zero-order valence-electron chi connectivity index (χ0n) is 11.1. The normalized spacial score (nSPS) is 25.8. The van der Waals surface area contributed by atoms with Crippen molar-refractivity contribution >= 4 is 21.4 Å². The molecule has 1 aromatic heterocycles. The Morgan fingerprint density at radius 3 is 2.61 bits per heavy atom. The third-order valence-corrected chi connectivity index (χ3v) is 7.20. The molecule has 0 aliphatic carbocycles. The molecule has 1 unspecified atom stereocenters. The van der Waals surface area contributed by atoms with E-state index in [1.165, 1.54) is 11.3 Å². The van der Waals surface area contributed by atoms with E-state index in [0.29, 0.717) is 23.8 Å². The maximum absolute atomic E-state index is 12.5. The van der Waals surface area contributed by atoms with Crippen molar-refractivity contribution in [2.75, 3.05) is 19.6 Å². The van der Waals surface area contributed by atoms with E-state index in [1.54, 1.807) is 10.4 Å². The second-order valence-electron chi connectivity index (χ2n) is 5.41. The van der Waals surface area contributed by atoms with Gasteiger partial charge in [0.1, 0.15) is 4.21 Å². The Morgan fingerprint density at radius 2 is 2.17 bits per heavy atom. The lowest BCUT2D eigenvalue weighted by molar-refractivity contribution is 0.350. The minimum absolute atomic E-state index is 0.0750. The van der Waals surface area contributed by atoms with Crippen LogP contribution in [-0.4, -0.2) is 32.4 Å². The van der Waals surface area contributed by atoms with Gasteiger partial charge in [0, 0.05) is 18.0 Å². The van der Waals surface area contributed by atoms with Gasteiger partial charge < -0.3 is 5.73 Å². The smallest absolute Gasteiger partial charge is 0.252 e. The number of nitrogens with two attached hydrogens (primary N) is 1. The lowest BCUT2D eigenvalue weighted by Gasteiger charge is -2.21. The summed E-state index contributed by atoms with van der Waals surface area (Å²) in [5.74, 6) is 0. The van der Waals surface area contributed by atoms with Crippen LogP contribution in [-0.2, 0) is 10.0 Å². The molecule has 1 aliphatic heterocycles. The number of nitrogens with zero attached hydrogens (tertiary/aromatic N) is 1.